The molecule has 1 atom stereocenters. The average molecular weight is 271 g/mol. The maximum Gasteiger partial charge on any atom is 0.411 e. The lowest BCUT2D eigenvalue weighted by Gasteiger charge is -2.16. The van der Waals surface area contributed by atoms with Gasteiger partial charge in [0, 0.05) is 29.8 Å². The topological polar surface area (TPSA) is 63.2 Å². The Morgan fingerprint density at radius 1 is 1.20 bits per heavy atom. The SMILES string of the molecule is COC(=O)Nc1cccc(NC(C)c2ccncc2)c1. The Balaban J connectivity index is 2.06. The van der Waals surface area contributed by atoms with E-state index in [-0.39, 0.29) is 6.04 Å². The van der Waals surface area contributed by atoms with Gasteiger partial charge in [-0.05, 0) is 42.8 Å². The summed E-state index contributed by atoms with van der Waals surface area (Å²) in [6.45, 7) is 2.07. The van der Waals surface area contributed by atoms with Gasteiger partial charge in [-0.25, -0.2) is 4.79 Å². The first-order chi connectivity index (χ1) is 9.69. The van der Waals surface area contributed by atoms with Gasteiger partial charge in [0.2, 0.25) is 0 Å². The van der Waals surface area contributed by atoms with Crippen molar-refractivity contribution in [1.29, 1.82) is 0 Å². The molecule has 0 radical (unpaired) electrons. The van der Waals surface area contributed by atoms with Crippen LogP contribution in [0.15, 0.2) is 48.8 Å². The van der Waals surface area contributed by atoms with Gasteiger partial charge in [0.1, 0.15) is 0 Å². The molecule has 104 valence electrons. The van der Waals surface area contributed by atoms with E-state index in [1.54, 1.807) is 18.5 Å². The van der Waals surface area contributed by atoms with Crippen LogP contribution in [-0.4, -0.2) is 18.2 Å². The molecule has 2 rings (SSSR count). The van der Waals surface area contributed by atoms with Gasteiger partial charge < -0.3 is 10.1 Å². The molecule has 0 saturated carbocycles. The fourth-order valence-corrected chi connectivity index (χ4v) is 1.84. The van der Waals surface area contributed by atoms with Crippen molar-refractivity contribution in [3.8, 4) is 0 Å². The number of anilines is 2. The minimum Gasteiger partial charge on any atom is -0.453 e. The predicted octanol–water partition coefficient (Wildman–Crippen LogP) is 3.43. The first-order valence-electron chi connectivity index (χ1n) is 6.30. The minimum absolute atomic E-state index is 0.145. The highest BCUT2D eigenvalue weighted by Gasteiger charge is 2.06. The highest BCUT2D eigenvalue weighted by molar-refractivity contribution is 5.85. The van der Waals surface area contributed by atoms with Crippen LogP contribution in [0.3, 0.4) is 0 Å². The Bertz CT molecular complexity index is 572. The van der Waals surface area contributed by atoms with E-state index >= 15 is 0 Å². The largest absolute Gasteiger partial charge is 0.453 e. The molecule has 1 aromatic heterocycles. The summed E-state index contributed by atoms with van der Waals surface area (Å²) in [5.41, 5.74) is 2.75. The van der Waals surface area contributed by atoms with Crippen LogP contribution in [0, 0.1) is 0 Å². The van der Waals surface area contributed by atoms with Crippen molar-refractivity contribution >= 4 is 17.5 Å². The van der Waals surface area contributed by atoms with E-state index in [0.717, 1.165) is 11.3 Å². The summed E-state index contributed by atoms with van der Waals surface area (Å²) in [6.07, 6.45) is 3.05. The van der Waals surface area contributed by atoms with Crippen LogP contribution in [0.2, 0.25) is 0 Å². The molecule has 0 bridgehead atoms. The third-order valence-corrected chi connectivity index (χ3v) is 2.88. The van der Waals surface area contributed by atoms with E-state index < -0.39 is 6.09 Å². The Morgan fingerprint density at radius 3 is 2.60 bits per heavy atom. The molecule has 0 aliphatic heterocycles. The van der Waals surface area contributed by atoms with Crippen LogP contribution in [0.1, 0.15) is 18.5 Å². The Hall–Kier alpha value is -2.56. The van der Waals surface area contributed by atoms with Gasteiger partial charge in [-0.3, -0.25) is 10.3 Å². The molecule has 2 N–H and O–H groups in total. The molecule has 1 aromatic carbocycles. The van der Waals surface area contributed by atoms with E-state index in [0.29, 0.717) is 5.69 Å². The first kappa shape index (κ1) is 13.9. The molecule has 0 aliphatic rings. The number of nitrogens with one attached hydrogen (secondary N) is 2. The smallest absolute Gasteiger partial charge is 0.411 e. The summed E-state index contributed by atoms with van der Waals surface area (Å²) >= 11 is 0. The molecule has 5 heteroatoms. The zero-order valence-corrected chi connectivity index (χ0v) is 11.5. The molecule has 0 fully saturated rings. The van der Waals surface area contributed by atoms with Crippen LogP contribution in [-0.2, 0) is 4.74 Å². The number of benzene rings is 1. The van der Waals surface area contributed by atoms with Gasteiger partial charge in [-0.2, -0.15) is 0 Å². The number of hydrogen-bond acceptors (Lipinski definition) is 4. The van der Waals surface area contributed by atoms with Crippen molar-refractivity contribution in [2.75, 3.05) is 17.7 Å². The van der Waals surface area contributed by atoms with Crippen LogP contribution >= 0.6 is 0 Å². The Labute approximate surface area is 118 Å². The fraction of sp³-hybridized carbons (Fsp3) is 0.200. The van der Waals surface area contributed by atoms with Crippen LogP contribution in [0.4, 0.5) is 16.2 Å². The summed E-state index contributed by atoms with van der Waals surface area (Å²) in [5, 5.41) is 6.00. The second-order valence-electron chi connectivity index (χ2n) is 4.34. The molecule has 1 amide bonds. The van der Waals surface area contributed by atoms with E-state index in [4.69, 9.17) is 0 Å². The number of amides is 1. The highest BCUT2D eigenvalue weighted by atomic mass is 16.5. The van der Waals surface area contributed by atoms with Crippen LogP contribution < -0.4 is 10.6 Å². The predicted molar refractivity (Wildman–Crippen MR) is 78.7 cm³/mol. The quantitative estimate of drug-likeness (QED) is 0.894. The number of ether oxygens (including phenoxy) is 1. The third kappa shape index (κ3) is 3.71. The van der Waals surface area contributed by atoms with Crippen molar-refractivity contribution in [2.45, 2.75) is 13.0 Å². The molecule has 0 saturated heterocycles. The number of carbonyl (C=O) groups excluding carboxylic acids is 1. The van der Waals surface area contributed by atoms with Crippen LogP contribution in [0.25, 0.3) is 0 Å². The van der Waals surface area contributed by atoms with Crippen molar-refractivity contribution in [2.24, 2.45) is 0 Å². The van der Waals surface area contributed by atoms with Gasteiger partial charge >= 0.3 is 6.09 Å². The number of aromatic nitrogens is 1. The zero-order valence-electron chi connectivity index (χ0n) is 11.5. The number of hydrogen-bond donors (Lipinski definition) is 2. The standard InChI is InChI=1S/C15H17N3O2/c1-11(12-6-8-16-9-7-12)17-13-4-3-5-14(10-13)18-15(19)20-2/h3-11,17H,1-2H3,(H,18,19). The number of pyridine rings is 1. The third-order valence-electron chi connectivity index (χ3n) is 2.88. The maximum atomic E-state index is 11.2. The normalized spacial score (nSPS) is 11.5. The minimum atomic E-state index is -0.482. The summed E-state index contributed by atoms with van der Waals surface area (Å²) < 4.78 is 4.57. The first-order valence-corrected chi connectivity index (χ1v) is 6.30. The highest BCUT2D eigenvalue weighted by Crippen LogP contribution is 2.21. The molecule has 2 aromatic rings. The Kier molecular flexibility index (Phi) is 4.55. The van der Waals surface area contributed by atoms with E-state index in [1.165, 1.54) is 7.11 Å². The lowest BCUT2D eigenvalue weighted by molar-refractivity contribution is 0.187. The fourth-order valence-electron chi connectivity index (χ4n) is 1.84. The Morgan fingerprint density at radius 2 is 1.90 bits per heavy atom. The lowest BCUT2D eigenvalue weighted by atomic mass is 10.1. The van der Waals surface area contributed by atoms with Crippen LogP contribution in [0.5, 0.6) is 0 Å². The summed E-state index contributed by atoms with van der Waals surface area (Å²) in [5.74, 6) is 0. The molecule has 1 unspecified atom stereocenters. The molecule has 0 spiro atoms. The van der Waals surface area contributed by atoms with Crippen molar-refractivity contribution in [3.05, 3.63) is 54.4 Å². The summed E-state index contributed by atoms with van der Waals surface area (Å²) in [4.78, 5) is 15.2. The molecule has 20 heavy (non-hydrogen) atoms. The zero-order chi connectivity index (χ0) is 14.4. The molecular formula is C15H17N3O2. The van der Waals surface area contributed by atoms with E-state index in [2.05, 4.69) is 27.3 Å². The van der Waals surface area contributed by atoms with Gasteiger partial charge in [0.15, 0.2) is 0 Å². The monoisotopic (exact) mass is 271 g/mol. The summed E-state index contributed by atoms with van der Waals surface area (Å²) in [6, 6.07) is 11.6. The molecule has 5 nitrogen and oxygen atoms in total. The van der Waals surface area contributed by atoms with Gasteiger partial charge in [-0.1, -0.05) is 6.07 Å². The molecule has 1 heterocycles. The lowest BCUT2D eigenvalue weighted by Crippen LogP contribution is -2.11. The molecular weight excluding hydrogens is 254 g/mol. The number of carbonyl (C=O) groups is 1. The number of methoxy groups -OCH3 is 1. The average Bonchev–Trinajstić information content (AvgIpc) is 2.48. The van der Waals surface area contributed by atoms with E-state index in [1.807, 2.05) is 30.3 Å². The van der Waals surface area contributed by atoms with Gasteiger partial charge in [-0.15, -0.1) is 0 Å². The van der Waals surface area contributed by atoms with Gasteiger partial charge in [0.05, 0.1) is 7.11 Å². The van der Waals surface area contributed by atoms with Crippen molar-refractivity contribution < 1.29 is 9.53 Å². The number of rotatable bonds is 4. The summed E-state index contributed by atoms with van der Waals surface area (Å²) in [7, 11) is 1.34. The molecule has 0 aliphatic carbocycles. The van der Waals surface area contributed by atoms with Crippen molar-refractivity contribution in [1.82, 2.24) is 4.98 Å². The van der Waals surface area contributed by atoms with E-state index in [9.17, 15) is 4.79 Å². The maximum absolute atomic E-state index is 11.2. The second kappa shape index (κ2) is 6.56. The second-order valence-corrected chi connectivity index (χ2v) is 4.34. The van der Waals surface area contributed by atoms with Gasteiger partial charge in [0.25, 0.3) is 0 Å². The van der Waals surface area contributed by atoms with Crippen molar-refractivity contribution in [3.63, 3.8) is 0 Å². The number of nitrogens with zero attached hydrogens (tertiary/aromatic N) is 1.